The zero-order valence-corrected chi connectivity index (χ0v) is 11.1. The van der Waals surface area contributed by atoms with Crippen molar-refractivity contribution in [3.8, 4) is 5.75 Å². The minimum Gasteiger partial charge on any atom is -0.496 e. The zero-order chi connectivity index (χ0) is 15.1. The molecule has 0 unspecified atom stereocenters. The number of rotatable bonds is 3. The lowest BCUT2D eigenvalue weighted by atomic mass is 10.2. The van der Waals surface area contributed by atoms with Gasteiger partial charge >= 0.3 is 6.18 Å². The molecule has 2 N–H and O–H groups in total. The number of nitrogens with zero attached hydrogens (tertiary/aromatic N) is 1. The Balaban J connectivity index is 2.80. The fraction of sp³-hybridized carbons (Fsp3) is 0.273. The molecule has 20 heavy (non-hydrogen) atoms. The summed E-state index contributed by atoms with van der Waals surface area (Å²) in [6, 6.07) is 4.30. The lowest BCUT2D eigenvalue weighted by molar-refractivity contribution is -0.139. The number of hydrogen-bond donors (Lipinski definition) is 1. The average Bonchev–Trinajstić information content (AvgIpc) is 2.66. The van der Waals surface area contributed by atoms with Crippen LogP contribution < -0.4 is 9.88 Å². The summed E-state index contributed by atoms with van der Waals surface area (Å²) in [6.07, 6.45) is -3.61. The van der Waals surface area contributed by atoms with Crippen LogP contribution in [0.25, 0.3) is 10.9 Å². The quantitative estimate of drug-likeness (QED) is 0.940. The van der Waals surface area contributed by atoms with Crippen LogP contribution >= 0.6 is 0 Å². The van der Waals surface area contributed by atoms with E-state index in [0.717, 1.165) is 10.8 Å². The molecule has 1 heterocycles. The van der Waals surface area contributed by atoms with Crippen molar-refractivity contribution >= 4 is 20.9 Å². The molecule has 1 aromatic carbocycles. The second-order valence-electron chi connectivity index (χ2n) is 4.14. The first-order valence-corrected chi connectivity index (χ1v) is 6.93. The molecule has 0 fully saturated rings. The van der Waals surface area contributed by atoms with Gasteiger partial charge in [-0.3, -0.25) is 0 Å². The highest BCUT2D eigenvalue weighted by atomic mass is 32.2. The normalized spacial score (nSPS) is 12.8. The van der Waals surface area contributed by atoms with Crippen LogP contribution in [0.5, 0.6) is 5.75 Å². The van der Waals surface area contributed by atoms with Gasteiger partial charge < -0.3 is 9.30 Å². The van der Waals surface area contributed by atoms with E-state index in [2.05, 4.69) is 0 Å². The van der Waals surface area contributed by atoms with Crippen LogP contribution in [0.4, 0.5) is 13.2 Å². The molecule has 0 saturated heterocycles. The fourth-order valence-electron chi connectivity index (χ4n) is 1.99. The van der Waals surface area contributed by atoms with E-state index in [1.165, 1.54) is 25.3 Å². The summed E-state index contributed by atoms with van der Waals surface area (Å²) in [4.78, 5) is -0.394. The number of benzene rings is 1. The van der Waals surface area contributed by atoms with E-state index in [-0.39, 0.29) is 16.7 Å². The van der Waals surface area contributed by atoms with Crippen molar-refractivity contribution in [2.45, 2.75) is 17.6 Å². The highest BCUT2D eigenvalue weighted by molar-refractivity contribution is 7.89. The lowest BCUT2D eigenvalue weighted by Gasteiger charge is -2.09. The van der Waals surface area contributed by atoms with Gasteiger partial charge in [0.1, 0.15) is 17.2 Å². The van der Waals surface area contributed by atoms with Crippen molar-refractivity contribution < 1.29 is 26.3 Å². The first-order valence-electron chi connectivity index (χ1n) is 5.39. The van der Waals surface area contributed by atoms with Crippen molar-refractivity contribution in [1.82, 2.24) is 4.57 Å². The molecule has 9 heteroatoms. The molecule has 0 bridgehead atoms. The molecule has 0 spiro atoms. The third-order valence-corrected chi connectivity index (χ3v) is 3.63. The van der Waals surface area contributed by atoms with Crippen molar-refractivity contribution in [2.24, 2.45) is 5.14 Å². The van der Waals surface area contributed by atoms with Crippen LogP contribution in [0.3, 0.4) is 0 Å². The zero-order valence-electron chi connectivity index (χ0n) is 10.3. The maximum Gasteiger partial charge on any atom is 0.406 e. The summed E-state index contributed by atoms with van der Waals surface area (Å²) in [5.41, 5.74) is 0.0886. The van der Waals surface area contributed by atoms with Crippen LogP contribution in [0.15, 0.2) is 29.3 Å². The maximum absolute atomic E-state index is 12.5. The molecule has 0 aliphatic heterocycles. The van der Waals surface area contributed by atoms with Crippen molar-refractivity contribution in [3.05, 3.63) is 24.4 Å². The summed E-state index contributed by atoms with van der Waals surface area (Å²) in [7, 11) is -2.87. The van der Waals surface area contributed by atoms with E-state index < -0.39 is 27.6 Å². The van der Waals surface area contributed by atoms with Gasteiger partial charge in [-0.25, -0.2) is 13.6 Å². The predicted octanol–water partition coefficient (Wildman–Crippen LogP) is 1.86. The van der Waals surface area contributed by atoms with Crippen LogP contribution in [0, 0.1) is 0 Å². The third kappa shape index (κ3) is 2.73. The van der Waals surface area contributed by atoms with E-state index in [1.807, 2.05) is 0 Å². The molecule has 1 aromatic heterocycles. The Morgan fingerprint density at radius 3 is 2.50 bits per heavy atom. The number of sulfonamides is 1. The molecule has 5 nitrogen and oxygen atoms in total. The summed E-state index contributed by atoms with van der Waals surface area (Å²) in [5.74, 6) is 0.146. The smallest absolute Gasteiger partial charge is 0.406 e. The number of hydrogen-bond acceptors (Lipinski definition) is 3. The van der Waals surface area contributed by atoms with Gasteiger partial charge in [0, 0.05) is 6.20 Å². The number of fused-ring (bicyclic) bond motifs is 1. The van der Waals surface area contributed by atoms with Gasteiger partial charge in [-0.2, -0.15) is 13.2 Å². The van der Waals surface area contributed by atoms with Gasteiger partial charge in [0.15, 0.2) is 0 Å². The number of ether oxygens (including phenoxy) is 1. The molecule has 0 amide bonds. The second-order valence-corrected chi connectivity index (χ2v) is 5.67. The van der Waals surface area contributed by atoms with Gasteiger partial charge in [-0.05, 0) is 12.1 Å². The number of primary sulfonamides is 1. The van der Waals surface area contributed by atoms with Crippen LogP contribution in [0.2, 0.25) is 0 Å². The fourth-order valence-corrected chi connectivity index (χ4v) is 2.76. The topological polar surface area (TPSA) is 74.3 Å². The van der Waals surface area contributed by atoms with E-state index in [0.29, 0.717) is 0 Å². The Morgan fingerprint density at radius 2 is 2.00 bits per heavy atom. The highest BCUT2D eigenvalue weighted by Gasteiger charge is 2.30. The Morgan fingerprint density at radius 1 is 1.35 bits per heavy atom. The Kier molecular flexibility index (Phi) is 3.42. The molecule has 2 rings (SSSR count). The first-order chi connectivity index (χ1) is 9.13. The molecule has 0 atom stereocenters. The molecule has 2 aromatic rings. The summed E-state index contributed by atoms with van der Waals surface area (Å²) >= 11 is 0. The molecule has 110 valence electrons. The molecule has 0 aliphatic rings. The largest absolute Gasteiger partial charge is 0.496 e. The third-order valence-electron chi connectivity index (χ3n) is 2.71. The Bertz CT molecular complexity index is 750. The highest BCUT2D eigenvalue weighted by Crippen LogP contribution is 2.34. The summed E-state index contributed by atoms with van der Waals surface area (Å²) in [6.45, 7) is -1.31. The first kappa shape index (κ1) is 14.7. The number of aromatic nitrogens is 1. The Labute approximate surface area is 112 Å². The van der Waals surface area contributed by atoms with E-state index in [1.54, 1.807) is 0 Å². The van der Waals surface area contributed by atoms with Gasteiger partial charge in [-0.1, -0.05) is 6.07 Å². The standard InChI is InChI=1S/C11H11F3N2O3S/c1-19-8-4-2-3-7-10(8)9(20(15,17)18)5-16(7)6-11(12,13)14/h2-5H,6H2,1H3,(H2,15,17,18). The average molecular weight is 308 g/mol. The summed E-state index contributed by atoms with van der Waals surface area (Å²) < 4.78 is 66.4. The predicted molar refractivity (Wildman–Crippen MR) is 65.9 cm³/mol. The molecule has 0 saturated carbocycles. The van der Waals surface area contributed by atoms with Gasteiger partial charge in [-0.15, -0.1) is 0 Å². The number of alkyl halides is 3. The van der Waals surface area contributed by atoms with Crippen molar-refractivity contribution in [3.63, 3.8) is 0 Å². The van der Waals surface area contributed by atoms with Gasteiger partial charge in [0.05, 0.1) is 18.0 Å². The second kappa shape index (κ2) is 4.67. The lowest BCUT2D eigenvalue weighted by Crippen LogP contribution is -2.17. The van der Waals surface area contributed by atoms with Crippen molar-refractivity contribution in [2.75, 3.05) is 7.11 Å². The minimum atomic E-state index is -4.48. The minimum absolute atomic E-state index is 0.0433. The number of nitrogens with two attached hydrogens (primary N) is 1. The summed E-state index contributed by atoms with van der Waals surface area (Å²) in [5, 5.41) is 5.09. The molecule has 0 radical (unpaired) electrons. The monoisotopic (exact) mass is 308 g/mol. The number of halogens is 3. The van der Waals surface area contributed by atoms with Gasteiger partial charge in [0.2, 0.25) is 10.0 Å². The van der Waals surface area contributed by atoms with Gasteiger partial charge in [0.25, 0.3) is 0 Å². The van der Waals surface area contributed by atoms with E-state index in [9.17, 15) is 21.6 Å². The SMILES string of the molecule is COc1cccc2c1c(S(N)(=O)=O)cn2CC(F)(F)F. The van der Waals surface area contributed by atoms with E-state index in [4.69, 9.17) is 9.88 Å². The molecular formula is C11H11F3N2O3S. The van der Waals surface area contributed by atoms with Crippen LogP contribution in [-0.4, -0.2) is 26.3 Å². The maximum atomic E-state index is 12.5. The van der Waals surface area contributed by atoms with E-state index >= 15 is 0 Å². The number of methoxy groups -OCH3 is 1. The Hall–Kier alpha value is -1.74. The van der Waals surface area contributed by atoms with Crippen LogP contribution in [-0.2, 0) is 16.6 Å². The molecule has 0 aliphatic carbocycles. The van der Waals surface area contributed by atoms with Crippen molar-refractivity contribution in [1.29, 1.82) is 0 Å². The molecular weight excluding hydrogens is 297 g/mol. The van der Waals surface area contributed by atoms with Crippen LogP contribution in [0.1, 0.15) is 0 Å².